The molecule has 0 heterocycles. The fourth-order valence-electron chi connectivity index (χ4n) is 1.85. The van der Waals surface area contributed by atoms with Crippen molar-refractivity contribution in [3.63, 3.8) is 0 Å². The van der Waals surface area contributed by atoms with Gasteiger partial charge in [-0.05, 0) is 44.1 Å². The summed E-state index contributed by atoms with van der Waals surface area (Å²) in [4.78, 5) is 21.1. The second kappa shape index (κ2) is 14.3. The molecular weight excluding hydrogens is 494 g/mol. The van der Waals surface area contributed by atoms with Crippen LogP contribution in [-0.4, -0.2) is 34.7 Å². The Bertz CT molecular complexity index is 805. The summed E-state index contributed by atoms with van der Waals surface area (Å²) in [5, 5.41) is -0.583. The van der Waals surface area contributed by atoms with Gasteiger partial charge in [-0.1, -0.05) is 71.3 Å². The molecule has 0 spiro atoms. The zero-order valence-corrected chi connectivity index (χ0v) is 20.2. The molecule has 0 unspecified atom stereocenters. The van der Waals surface area contributed by atoms with Crippen molar-refractivity contribution in [2.24, 2.45) is 0 Å². The molecule has 144 valence electrons. The molecule has 2 aromatic carbocycles. The molecule has 2 nitrogen and oxygen atoms in total. The van der Waals surface area contributed by atoms with Gasteiger partial charge in [0.05, 0.1) is 0 Å². The summed E-state index contributed by atoms with van der Waals surface area (Å²) >= 11 is 8.90. The average Bonchev–Trinajstić information content (AvgIpc) is 2.64. The van der Waals surface area contributed by atoms with Gasteiger partial charge in [0.1, 0.15) is 0 Å². The number of allylic oxidation sites excluding steroid dienone is 3. The Labute approximate surface area is 196 Å². The monoisotopic (exact) mass is 514 g/mol. The third-order valence-corrected chi connectivity index (χ3v) is 3.93. The van der Waals surface area contributed by atoms with Crippen molar-refractivity contribution in [1.82, 2.24) is 0 Å². The van der Waals surface area contributed by atoms with E-state index in [2.05, 4.69) is 37.9 Å². The minimum Gasteiger partial charge on any atom is -0.737 e. The van der Waals surface area contributed by atoms with Crippen LogP contribution in [0.4, 0.5) is 0 Å². The van der Waals surface area contributed by atoms with Crippen molar-refractivity contribution >= 4 is 59.9 Å². The van der Waals surface area contributed by atoms with Crippen LogP contribution in [0.1, 0.15) is 38.8 Å². The maximum atomic E-state index is 10.6. The van der Waals surface area contributed by atoms with Crippen LogP contribution in [-0.2, 0) is 25.3 Å². The predicted molar refractivity (Wildman–Crippen MR) is 122 cm³/mol. The number of carbonyl (C=O) groups excluding carboxylic acids is 2. The van der Waals surface area contributed by atoms with Gasteiger partial charge in [-0.2, -0.15) is 0 Å². The van der Waals surface area contributed by atoms with Gasteiger partial charge in [-0.3, -0.25) is 0 Å². The number of benzene rings is 2. The van der Waals surface area contributed by atoms with Crippen molar-refractivity contribution in [1.29, 1.82) is 0 Å². The van der Waals surface area contributed by atoms with Crippen LogP contribution in [0.5, 0.6) is 0 Å². The van der Waals surface area contributed by atoms with Gasteiger partial charge in [0.15, 0.2) is 0 Å². The Balaban J connectivity index is 0.000000390. The number of rotatable bonds is 2. The van der Waals surface area contributed by atoms with Crippen molar-refractivity contribution < 1.29 is 9.59 Å². The second-order valence-electron chi connectivity index (χ2n) is 5.88. The van der Waals surface area contributed by atoms with Crippen molar-refractivity contribution in [2.75, 3.05) is 0 Å². The fourth-order valence-corrected chi connectivity index (χ4v) is 2.12. The standard InChI is InChI=1S/2C8H8OS.C7H7.Sb/c2*1-6-2-4-7(5-3-6)8(9)10;1-7-5-3-2-4-6-7;/h2*2-5H,1H3,(H,9,10);3-6H,1H3;/p-2. The van der Waals surface area contributed by atoms with Gasteiger partial charge in [0, 0.05) is 41.1 Å². The summed E-state index contributed by atoms with van der Waals surface area (Å²) < 4.78 is 0. The summed E-state index contributed by atoms with van der Waals surface area (Å²) in [6, 6.07) is 14.5. The van der Waals surface area contributed by atoms with Crippen molar-refractivity contribution in [3.05, 3.63) is 107 Å². The van der Waals surface area contributed by atoms with Crippen LogP contribution in [0, 0.1) is 20.3 Å². The molecule has 0 aromatic heterocycles. The summed E-state index contributed by atoms with van der Waals surface area (Å²) in [5.41, 5.74) is 7.70. The fraction of sp³-hybridized carbons (Fsp3) is 0.130. The zero-order valence-electron chi connectivity index (χ0n) is 16.0. The SMILES string of the molecule is CC1=CC=C=C[CH]1.Cc1ccc(C(=O)[S-])cc1.Cc1ccc(C(=O)[S-])cc1.[Sb]. The quantitative estimate of drug-likeness (QED) is 0.326. The minimum absolute atomic E-state index is 0. The van der Waals surface area contributed by atoms with Crippen molar-refractivity contribution in [2.45, 2.75) is 20.8 Å². The molecule has 1 aliphatic rings. The largest absolute Gasteiger partial charge is 0.737 e. The van der Waals surface area contributed by atoms with E-state index in [9.17, 15) is 9.59 Å². The third-order valence-electron chi connectivity index (χ3n) is 3.46. The Morgan fingerprint density at radius 1 is 0.714 bits per heavy atom. The molecule has 0 atom stereocenters. The van der Waals surface area contributed by atoms with E-state index in [0.717, 1.165) is 11.1 Å². The van der Waals surface area contributed by atoms with Crippen LogP contribution in [0.3, 0.4) is 0 Å². The third kappa shape index (κ3) is 11.2. The Hall–Kier alpha value is -1.70. The van der Waals surface area contributed by atoms with Crippen molar-refractivity contribution in [3.8, 4) is 0 Å². The van der Waals surface area contributed by atoms with E-state index in [1.807, 2.05) is 62.8 Å². The first-order chi connectivity index (χ1) is 12.8. The first-order valence-electron chi connectivity index (χ1n) is 8.28. The van der Waals surface area contributed by atoms with Crippen LogP contribution in [0.2, 0.25) is 0 Å². The van der Waals surface area contributed by atoms with Crippen LogP contribution in [0.25, 0.3) is 0 Å². The number of carbonyl (C=O) groups is 2. The number of hydrogen-bond acceptors (Lipinski definition) is 4. The Kier molecular flexibility index (Phi) is 13.4. The molecule has 0 saturated carbocycles. The van der Waals surface area contributed by atoms with E-state index in [4.69, 9.17) is 0 Å². The molecule has 0 fully saturated rings. The van der Waals surface area contributed by atoms with Gasteiger partial charge < -0.3 is 34.8 Å². The zero-order chi connectivity index (χ0) is 20.2. The van der Waals surface area contributed by atoms with Gasteiger partial charge in [-0.15, -0.1) is 5.73 Å². The average molecular weight is 515 g/mol. The Morgan fingerprint density at radius 2 is 1.11 bits per heavy atom. The van der Waals surface area contributed by atoms with Gasteiger partial charge in [0.25, 0.3) is 0 Å². The van der Waals surface area contributed by atoms with Crippen LogP contribution in [0.15, 0.2) is 78.1 Å². The molecule has 0 saturated heterocycles. The smallest absolute Gasteiger partial charge is 0.0422 e. The van der Waals surface area contributed by atoms with Crippen LogP contribution >= 0.6 is 0 Å². The molecule has 1 aliphatic carbocycles. The van der Waals surface area contributed by atoms with Gasteiger partial charge >= 0.3 is 0 Å². The maximum Gasteiger partial charge on any atom is 0.0422 e. The second-order valence-corrected chi connectivity index (χ2v) is 6.63. The summed E-state index contributed by atoms with van der Waals surface area (Å²) in [6.45, 7) is 6.00. The molecular formula is C23H21O2S2Sb-2. The van der Waals surface area contributed by atoms with E-state index >= 15 is 0 Å². The summed E-state index contributed by atoms with van der Waals surface area (Å²) in [5.74, 6) is 0. The van der Waals surface area contributed by atoms with E-state index in [-0.39, 0.29) is 34.7 Å². The van der Waals surface area contributed by atoms with Gasteiger partial charge in [-0.25, -0.2) is 0 Å². The minimum atomic E-state index is -0.292. The van der Waals surface area contributed by atoms with Crippen LogP contribution < -0.4 is 0 Å². The topological polar surface area (TPSA) is 34.1 Å². The van der Waals surface area contributed by atoms with E-state index < -0.39 is 0 Å². The molecule has 28 heavy (non-hydrogen) atoms. The molecule has 0 N–H and O–H groups in total. The number of aryl methyl sites for hydroxylation is 2. The predicted octanol–water partition coefficient (Wildman–Crippen LogP) is 4.85. The maximum absolute atomic E-state index is 10.6. The normalized spacial score (nSPS) is 10.9. The molecule has 0 bridgehead atoms. The van der Waals surface area contributed by atoms with E-state index in [0.29, 0.717) is 11.1 Å². The van der Waals surface area contributed by atoms with E-state index in [1.54, 1.807) is 24.3 Å². The number of hydrogen-bond donors (Lipinski definition) is 0. The molecule has 4 radical (unpaired) electrons. The molecule has 3 rings (SSSR count). The molecule has 5 heteroatoms. The van der Waals surface area contributed by atoms with E-state index in [1.165, 1.54) is 5.57 Å². The first kappa shape index (κ1) is 26.3. The van der Waals surface area contributed by atoms with Gasteiger partial charge in [0.2, 0.25) is 0 Å². The summed E-state index contributed by atoms with van der Waals surface area (Å²) in [7, 11) is 0. The molecule has 2 aromatic rings. The first-order valence-corrected chi connectivity index (χ1v) is 9.10. The molecule has 0 amide bonds. The summed E-state index contributed by atoms with van der Waals surface area (Å²) in [6.07, 6.45) is 7.88. The molecule has 0 aliphatic heterocycles. The Morgan fingerprint density at radius 3 is 1.32 bits per heavy atom.